The largest absolute Gasteiger partial charge is 0.573 e. The van der Waals surface area contributed by atoms with Crippen molar-refractivity contribution in [3.63, 3.8) is 0 Å². The summed E-state index contributed by atoms with van der Waals surface area (Å²) in [6, 6.07) is 7.96. The van der Waals surface area contributed by atoms with Gasteiger partial charge < -0.3 is 14.4 Å². The lowest BCUT2D eigenvalue weighted by Crippen LogP contribution is -2.44. The van der Waals surface area contributed by atoms with E-state index in [9.17, 15) is 13.2 Å². The second kappa shape index (κ2) is 8.88. The van der Waals surface area contributed by atoms with Crippen molar-refractivity contribution in [1.82, 2.24) is 24.6 Å². The van der Waals surface area contributed by atoms with E-state index in [1.165, 1.54) is 18.5 Å². The summed E-state index contributed by atoms with van der Waals surface area (Å²) >= 11 is 0. The minimum atomic E-state index is -4.71. The Morgan fingerprint density at radius 2 is 1.76 bits per heavy atom. The van der Waals surface area contributed by atoms with Gasteiger partial charge in [0, 0.05) is 32.4 Å². The number of fused-ring (bicyclic) bond motifs is 3. The second-order valence-electron chi connectivity index (χ2n) is 8.78. The molecule has 0 amide bonds. The van der Waals surface area contributed by atoms with E-state index in [0.717, 1.165) is 48.0 Å². The lowest BCUT2D eigenvalue weighted by molar-refractivity contribution is -0.274. The molecule has 180 valence electrons. The van der Waals surface area contributed by atoms with Gasteiger partial charge in [0.1, 0.15) is 24.6 Å². The molecule has 1 fully saturated rings. The highest BCUT2D eigenvalue weighted by Crippen LogP contribution is 2.34. The molecule has 2 aliphatic rings. The highest BCUT2D eigenvalue weighted by atomic mass is 19.4. The normalized spacial score (nSPS) is 20.7. The summed E-state index contributed by atoms with van der Waals surface area (Å²) in [6.07, 6.45) is -0.954. The number of morpholine rings is 1. The Morgan fingerprint density at radius 1 is 1.03 bits per heavy atom. The van der Waals surface area contributed by atoms with Crippen LogP contribution in [0.2, 0.25) is 0 Å². The zero-order chi connectivity index (χ0) is 23.9. The van der Waals surface area contributed by atoms with Gasteiger partial charge in [-0.3, -0.25) is 4.90 Å². The van der Waals surface area contributed by atoms with Gasteiger partial charge in [0.2, 0.25) is 0 Å². The van der Waals surface area contributed by atoms with E-state index in [0.29, 0.717) is 13.2 Å². The van der Waals surface area contributed by atoms with Crippen LogP contribution in [0.25, 0.3) is 11.4 Å². The van der Waals surface area contributed by atoms with Crippen LogP contribution in [0.15, 0.2) is 42.9 Å². The predicted molar refractivity (Wildman–Crippen MR) is 118 cm³/mol. The SMILES string of the molecule is C[C@@H]1CN(Cc2cnc3c(c2)-c2ncnn2CN3Cc2ccc(OC(F)(F)F)cc2)C[C@H](C)O1. The first-order chi connectivity index (χ1) is 16.2. The monoisotopic (exact) mass is 474 g/mol. The van der Waals surface area contributed by atoms with Crippen LogP contribution in [-0.2, 0) is 24.5 Å². The smallest absolute Gasteiger partial charge is 0.406 e. The second-order valence-corrected chi connectivity index (χ2v) is 8.78. The molecule has 0 radical (unpaired) electrons. The maximum Gasteiger partial charge on any atom is 0.573 e. The Labute approximate surface area is 194 Å². The summed E-state index contributed by atoms with van der Waals surface area (Å²) in [5.74, 6) is 1.27. The molecule has 0 saturated carbocycles. The highest BCUT2D eigenvalue weighted by molar-refractivity contribution is 5.73. The molecule has 1 saturated heterocycles. The fourth-order valence-corrected chi connectivity index (χ4v) is 4.62. The molecule has 8 nitrogen and oxygen atoms in total. The van der Waals surface area contributed by atoms with E-state index >= 15 is 0 Å². The van der Waals surface area contributed by atoms with Gasteiger partial charge >= 0.3 is 6.36 Å². The molecular weight excluding hydrogens is 449 g/mol. The lowest BCUT2D eigenvalue weighted by Gasteiger charge is -2.35. The fraction of sp³-hybridized carbons (Fsp3) is 0.435. The van der Waals surface area contributed by atoms with Crippen molar-refractivity contribution in [3.05, 3.63) is 54.0 Å². The fourth-order valence-electron chi connectivity index (χ4n) is 4.62. The molecule has 0 spiro atoms. The van der Waals surface area contributed by atoms with E-state index in [1.54, 1.807) is 16.8 Å². The molecule has 4 heterocycles. The number of halogens is 3. The molecule has 11 heteroatoms. The first-order valence-electron chi connectivity index (χ1n) is 11.1. The summed E-state index contributed by atoms with van der Waals surface area (Å²) in [6.45, 7) is 7.52. The van der Waals surface area contributed by atoms with E-state index in [1.807, 2.05) is 11.1 Å². The number of nitrogens with zero attached hydrogens (tertiary/aromatic N) is 6. The molecule has 0 unspecified atom stereocenters. The predicted octanol–water partition coefficient (Wildman–Crippen LogP) is 3.83. The maximum atomic E-state index is 12.4. The van der Waals surface area contributed by atoms with Gasteiger partial charge in [-0.25, -0.2) is 14.6 Å². The van der Waals surface area contributed by atoms with Gasteiger partial charge in [0.15, 0.2) is 5.82 Å². The first kappa shape index (κ1) is 22.6. The highest BCUT2D eigenvalue weighted by Gasteiger charge is 2.31. The van der Waals surface area contributed by atoms with Gasteiger partial charge in [0.25, 0.3) is 0 Å². The number of hydrogen-bond donors (Lipinski definition) is 0. The number of benzene rings is 1. The third-order valence-electron chi connectivity index (χ3n) is 5.82. The van der Waals surface area contributed by atoms with Crippen molar-refractivity contribution < 1.29 is 22.6 Å². The lowest BCUT2D eigenvalue weighted by atomic mass is 10.1. The van der Waals surface area contributed by atoms with Crippen molar-refractivity contribution in [1.29, 1.82) is 0 Å². The van der Waals surface area contributed by atoms with Crippen molar-refractivity contribution in [2.45, 2.75) is 52.2 Å². The molecule has 3 aromatic rings. The van der Waals surface area contributed by atoms with Crippen LogP contribution in [0.4, 0.5) is 19.0 Å². The minimum absolute atomic E-state index is 0.181. The van der Waals surface area contributed by atoms with Crippen molar-refractivity contribution in [2.24, 2.45) is 0 Å². The number of hydrogen-bond acceptors (Lipinski definition) is 7. The van der Waals surface area contributed by atoms with Gasteiger partial charge in [-0.2, -0.15) is 5.10 Å². The summed E-state index contributed by atoms with van der Waals surface area (Å²) in [4.78, 5) is 13.6. The average molecular weight is 474 g/mol. The molecule has 0 aliphatic carbocycles. The Hall–Kier alpha value is -3.18. The van der Waals surface area contributed by atoms with Crippen LogP contribution >= 0.6 is 0 Å². The average Bonchev–Trinajstić information content (AvgIpc) is 3.22. The van der Waals surface area contributed by atoms with Crippen LogP contribution in [0.3, 0.4) is 0 Å². The number of alkyl halides is 3. The maximum absolute atomic E-state index is 12.4. The number of anilines is 1. The summed E-state index contributed by atoms with van der Waals surface area (Å²) < 4.78 is 48.9. The molecule has 2 atom stereocenters. The molecule has 0 bridgehead atoms. The van der Waals surface area contributed by atoms with E-state index < -0.39 is 6.36 Å². The molecule has 2 aromatic heterocycles. The van der Waals surface area contributed by atoms with Crippen LogP contribution in [0.5, 0.6) is 5.75 Å². The van der Waals surface area contributed by atoms with Crippen LogP contribution in [0.1, 0.15) is 25.0 Å². The Morgan fingerprint density at radius 3 is 2.47 bits per heavy atom. The van der Waals surface area contributed by atoms with E-state index in [4.69, 9.17) is 9.72 Å². The third kappa shape index (κ3) is 5.00. The quantitative estimate of drug-likeness (QED) is 0.557. The van der Waals surface area contributed by atoms with Crippen LogP contribution in [-0.4, -0.2) is 56.3 Å². The Bertz CT molecular complexity index is 1140. The molecule has 34 heavy (non-hydrogen) atoms. The van der Waals surface area contributed by atoms with Gasteiger partial charge in [0.05, 0.1) is 17.8 Å². The van der Waals surface area contributed by atoms with Crippen LogP contribution < -0.4 is 9.64 Å². The standard InChI is InChI=1S/C23H25F3N6O2/c1-15-9-30(10-16(2)33-15)11-18-7-20-21(27-8-18)31(14-32-22(20)28-13-29-32)12-17-3-5-19(6-4-17)34-23(24,25)26/h3-8,13,15-16H,9-12,14H2,1-2H3/t15-,16+. The van der Waals surface area contributed by atoms with Crippen molar-refractivity contribution in [3.8, 4) is 17.1 Å². The Balaban J connectivity index is 1.37. The number of rotatable bonds is 5. The summed E-state index contributed by atoms with van der Waals surface area (Å²) in [5, 5.41) is 4.33. The van der Waals surface area contributed by atoms with Gasteiger partial charge in [-0.05, 0) is 43.2 Å². The number of pyridine rings is 1. The minimum Gasteiger partial charge on any atom is -0.406 e. The topological polar surface area (TPSA) is 68.5 Å². The molecule has 2 aliphatic heterocycles. The zero-order valence-corrected chi connectivity index (χ0v) is 18.9. The van der Waals surface area contributed by atoms with Crippen LogP contribution in [0, 0.1) is 0 Å². The van der Waals surface area contributed by atoms with Gasteiger partial charge in [-0.1, -0.05) is 12.1 Å². The zero-order valence-electron chi connectivity index (χ0n) is 18.9. The van der Waals surface area contributed by atoms with E-state index in [2.05, 4.69) is 39.6 Å². The summed E-state index contributed by atoms with van der Waals surface area (Å²) in [7, 11) is 0. The third-order valence-corrected chi connectivity index (χ3v) is 5.82. The number of ether oxygens (including phenoxy) is 2. The summed E-state index contributed by atoms with van der Waals surface area (Å²) in [5.41, 5.74) is 2.78. The first-order valence-corrected chi connectivity index (χ1v) is 11.1. The van der Waals surface area contributed by atoms with E-state index in [-0.39, 0.29) is 18.0 Å². The molecular formula is C23H25F3N6O2. The molecule has 5 rings (SSSR count). The van der Waals surface area contributed by atoms with Gasteiger partial charge in [-0.15, -0.1) is 13.2 Å². The van der Waals surface area contributed by atoms with Crippen molar-refractivity contribution >= 4 is 5.82 Å². The number of aromatic nitrogens is 4. The molecule has 0 N–H and O–H groups in total. The van der Waals surface area contributed by atoms with Crippen molar-refractivity contribution in [2.75, 3.05) is 18.0 Å². The molecule has 1 aromatic carbocycles. The Kier molecular flexibility index (Phi) is 5.90.